The molecule has 125 valence electrons. The second kappa shape index (κ2) is 8.31. The number of allylic oxidation sites excluding steroid dienone is 4. The second-order valence-electron chi connectivity index (χ2n) is 6.54. The van der Waals surface area contributed by atoms with Gasteiger partial charge in [-0.25, -0.2) is 0 Å². The van der Waals surface area contributed by atoms with E-state index in [1.165, 1.54) is 17.5 Å². The monoisotopic (exact) mass is 541 g/mol. The van der Waals surface area contributed by atoms with Gasteiger partial charge in [0.05, 0.1) is 0 Å². The molecule has 24 heavy (non-hydrogen) atoms. The van der Waals surface area contributed by atoms with Crippen molar-refractivity contribution < 1.29 is 20.6 Å². The number of hydrogen-bond acceptors (Lipinski definition) is 0. The summed E-state index contributed by atoms with van der Waals surface area (Å²) in [5.41, 5.74) is 6.29. The molecule has 2 aliphatic carbocycles. The molecule has 0 aromatic heterocycles. The predicted octanol–water partition coefficient (Wildman–Crippen LogP) is 6.05. The Bertz CT molecular complexity index is 737. The Hall–Kier alpha value is -0.413. The average Bonchev–Trinajstić information content (AvgIpc) is 3.16. The Balaban J connectivity index is 0.00000104. The van der Waals surface area contributed by atoms with Crippen LogP contribution in [0.5, 0.6) is 0 Å². The quantitative estimate of drug-likeness (QED) is 0.416. The predicted molar refractivity (Wildman–Crippen MR) is 109 cm³/mol. The first-order valence-electron chi connectivity index (χ1n) is 8.18. The smallest absolute Gasteiger partial charge is 0.147 e. The van der Waals surface area contributed by atoms with Crippen LogP contribution in [-0.2, 0) is 20.6 Å². The van der Waals surface area contributed by atoms with Crippen molar-refractivity contribution in [3.8, 4) is 11.1 Å². The summed E-state index contributed by atoms with van der Waals surface area (Å²) < 4.78 is 2.64. The molecule has 0 radical (unpaired) electrons. The Morgan fingerprint density at radius 1 is 0.875 bits per heavy atom. The van der Waals surface area contributed by atoms with Crippen molar-refractivity contribution in [2.75, 3.05) is 0 Å². The topological polar surface area (TPSA) is 0 Å². The van der Waals surface area contributed by atoms with Crippen LogP contribution in [-0.4, -0.2) is 5.98 Å². The summed E-state index contributed by atoms with van der Waals surface area (Å²) in [5, 5.41) is 0. The standard InChI is InChI=1S/C13H9.C5H5.C2H7Si.2ClH.Hf/c1-3-7-12-10(5-1)9-11-6-2-4-8-13(11)12;1-2-4-5-3-1;1-3-2;;;/h1-9H;1-3H,4H2;3H,1-2H3;2*1H;. The van der Waals surface area contributed by atoms with Crippen LogP contribution in [0.4, 0.5) is 0 Å². The molecule has 0 saturated carbocycles. The van der Waals surface area contributed by atoms with Gasteiger partial charge >= 0.3 is 142 Å². The summed E-state index contributed by atoms with van der Waals surface area (Å²) in [6, 6.07) is 18.4. The van der Waals surface area contributed by atoms with E-state index in [0.29, 0.717) is 0 Å². The summed E-state index contributed by atoms with van der Waals surface area (Å²) in [6.45, 7) is 5.20. The van der Waals surface area contributed by atoms with E-state index in [1.807, 2.05) is 3.33 Å². The van der Waals surface area contributed by atoms with E-state index >= 15 is 0 Å². The zero-order valence-electron chi connectivity index (χ0n) is 14.0. The van der Waals surface area contributed by atoms with E-state index in [4.69, 9.17) is 0 Å². The SMILES string of the molecule is C[SiH](C)[Hf]([C]1=CC=CC1)[CH]1c2ccccc2-c2ccccc21.Cl.Cl. The van der Waals surface area contributed by atoms with Crippen molar-refractivity contribution in [2.24, 2.45) is 0 Å². The van der Waals surface area contributed by atoms with Crippen LogP contribution in [0.1, 0.15) is 21.2 Å². The number of halogens is 2. The zero-order valence-corrected chi connectivity index (χ0v) is 20.4. The van der Waals surface area contributed by atoms with E-state index in [0.717, 1.165) is 3.67 Å². The van der Waals surface area contributed by atoms with Crippen LogP contribution in [0.25, 0.3) is 11.1 Å². The third kappa shape index (κ3) is 3.31. The van der Waals surface area contributed by atoms with Crippen molar-refractivity contribution >= 4 is 30.8 Å². The van der Waals surface area contributed by atoms with Crippen molar-refractivity contribution in [3.63, 3.8) is 0 Å². The van der Waals surface area contributed by atoms with Gasteiger partial charge in [-0.3, -0.25) is 0 Å². The molecule has 0 fully saturated rings. The summed E-state index contributed by atoms with van der Waals surface area (Å²) in [4.78, 5) is 0. The first-order chi connectivity index (χ1) is 10.8. The van der Waals surface area contributed by atoms with E-state index in [9.17, 15) is 0 Å². The minimum atomic E-state index is -1.84. The van der Waals surface area contributed by atoms with Gasteiger partial charge in [-0.15, -0.1) is 24.8 Å². The molecular weight excluding hydrogens is 518 g/mol. The minimum absolute atomic E-state index is 0. The summed E-state index contributed by atoms with van der Waals surface area (Å²) >= 11 is -1.84. The molecule has 0 nitrogen and oxygen atoms in total. The van der Waals surface area contributed by atoms with E-state index in [2.05, 4.69) is 79.9 Å². The third-order valence-electron chi connectivity index (χ3n) is 4.91. The fourth-order valence-corrected chi connectivity index (χ4v) is 33.2. The Morgan fingerprint density at radius 2 is 1.42 bits per heavy atom. The molecule has 0 unspecified atom stereocenters. The maximum absolute atomic E-state index is 2.60. The Kier molecular flexibility index (Phi) is 6.89. The van der Waals surface area contributed by atoms with Crippen molar-refractivity contribution in [1.29, 1.82) is 0 Å². The van der Waals surface area contributed by atoms with Crippen LogP contribution >= 0.6 is 24.8 Å². The van der Waals surface area contributed by atoms with Gasteiger partial charge in [0, 0.05) is 0 Å². The fourth-order valence-electron chi connectivity index (χ4n) is 4.04. The van der Waals surface area contributed by atoms with Gasteiger partial charge in [-0.05, 0) is 0 Å². The molecule has 0 atom stereocenters. The molecular formula is C20H23Cl2HfSi. The van der Waals surface area contributed by atoms with E-state index in [-0.39, 0.29) is 24.8 Å². The van der Waals surface area contributed by atoms with Crippen LogP contribution in [0, 0.1) is 0 Å². The molecule has 0 saturated heterocycles. The minimum Gasteiger partial charge on any atom is -0.147 e. The van der Waals surface area contributed by atoms with Crippen LogP contribution in [0.3, 0.4) is 0 Å². The summed E-state index contributed by atoms with van der Waals surface area (Å²) in [6.07, 6.45) is 8.37. The average molecular weight is 541 g/mol. The Labute approximate surface area is 166 Å². The molecule has 0 bridgehead atoms. The zero-order chi connectivity index (χ0) is 15.1. The molecule has 0 aliphatic heterocycles. The number of fused-ring (bicyclic) bond motifs is 3. The Morgan fingerprint density at radius 3 is 1.88 bits per heavy atom. The number of rotatable bonds is 3. The second-order valence-corrected chi connectivity index (χ2v) is 34.0. The fraction of sp³-hybridized carbons (Fsp3) is 0.200. The molecule has 4 rings (SSSR count). The molecule has 0 N–H and O–H groups in total. The number of benzene rings is 2. The van der Waals surface area contributed by atoms with Gasteiger partial charge in [-0.2, -0.15) is 0 Å². The van der Waals surface area contributed by atoms with E-state index < -0.39 is 26.6 Å². The van der Waals surface area contributed by atoms with Gasteiger partial charge in [0.2, 0.25) is 0 Å². The van der Waals surface area contributed by atoms with Gasteiger partial charge in [0.25, 0.3) is 0 Å². The summed E-state index contributed by atoms with van der Waals surface area (Å²) in [5.74, 6) is -0.605. The number of hydrogen-bond donors (Lipinski definition) is 0. The molecule has 2 aliphatic rings. The first kappa shape index (κ1) is 19.9. The van der Waals surface area contributed by atoms with E-state index in [1.54, 1.807) is 11.1 Å². The van der Waals surface area contributed by atoms with Crippen LogP contribution in [0.15, 0.2) is 70.1 Å². The third-order valence-corrected chi connectivity index (χ3v) is 33.8. The van der Waals surface area contributed by atoms with Crippen molar-refractivity contribution in [1.82, 2.24) is 0 Å². The molecule has 0 spiro atoms. The molecule has 2 aromatic carbocycles. The van der Waals surface area contributed by atoms with Gasteiger partial charge < -0.3 is 0 Å². The normalized spacial score (nSPS) is 14.5. The van der Waals surface area contributed by atoms with Crippen LogP contribution in [0.2, 0.25) is 13.1 Å². The molecule has 4 heteroatoms. The van der Waals surface area contributed by atoms with Gasteiger partial charge in [-0.1, -0.05) is 0 Å². The van der Waals surface area contributed by atoms with Crippen molar-refractivity contribution in [3.05, 3.63) is 81.2 Å². The maximum Gasteiger partial charge on any atom is -0.147 e. The molecule has 0 amide bonds. The van der Waals surface area contributed by atoms with Crippen molar-refractivity contribution in [2.45, 2.75) is 23.2 Å². The molecule has 0 heterocycles. The maximum atomic E-state index is 2.60. The van der Waals surface area contributed by atoms with Gasteiger partial charge in [0.15, 0.2) is 0 Å². The summed E-state index contributed by atoms with van der Waals surface area (Å²) in [7, 11) is 0. The van der Waals surface area contributed by atoms with Gasteiger partial charge in [0.1, 0.15) is 0 Å². The molecule has 2 aromatic rings. The largest absolute Gasteiger partial charge is 0.147 e. The van der Waals surface area contributed by atoms with Crippen LogP contribution < -0.4 is 0 Å². The first-order valence-corrected chi connectivity index (χ1v) is 21.2.